The zero-order valence-electron chi connectivity index (χ0n) is 14.6. The van der Waals surface area contributed by atoms with E-state index in [1.165, 1.54) is 0 Å². The molecule has 0 unspecified atom stereocenters. The normalized spacial score (nSPS) is 20.1. The second-order valence-electron chi connectivity index (χ2n) is 7.37. The first-order valence-corrected chi connectivity index (χ1v) is 10.3. The fourth-order valence-corrected chi connectivity index (χ4v) is 4.98. The number of aromatic nitrogens is 2. The highest BCUT2D eigenvalue weighted by Crippen LogP contribution is 2.42. The fraction of sp³-hybridized carbons (Fsp3) is 0.556. The number of sulfonamides is 1. The molecule has 0 saturated heterocycles. The molecule has 6 nitrogen and oxygen atoms in total. The second-order valence-corrected chi connectivity index (χ2v) is 9.05. The molecule has 0 spiro atoms. The van der Waals surface area contributed by atoms with Crippen LogP contribution in [0.2, 0.25) is 0 Å². The topological polar surface area (TPSA) is 85.1 Å². The van der Waals surface area contributed by atoms with Gasteiger partial charge in [-0.05, 0) is 62.8 Å². The van der Waals surface area contributed by atoms with Gasteiger partial charge in [-0.3, -0.25) is 0 Å². The summed E-state index contributed by atoms with van der Waals surface area (Å²) in [4.78, 5) is 4.82. The lowest BCUT2D eigenvalue weighted by Crippen LogP contribution is -2.44. The van der Waals surface area contributed by atoms with Gasteiger partial charge in [-0.15, -0.1) is 0 Å². The predicted molar refractivity (Wildman–Crippen MR) is 92.7 cm³/mol. The monoisotopic (exact) mass is 361 g/mol. The SMILES string of the molecule is Cc1ccc(S(=O)(=O)NC2(c3noc(C4CC4)n3)CCCC2)cc1C. The van der Waals surface area contributed by atoms with E-state index in [4.69, 9.17) is 4.52 Å². The van der Waals surface area contributed by atoms with Crippen molar-refractivity contribution in [3.63, 3.8) is 0 Å². The van der Waals surface area contributed by atoms with Crippen LogP contribution in [-0.4, -0.2) is 18.6 Å². The highest BCUT2D eigenvalue weighted by atomic mass is 32.2. The summed E-state index contributed by atoms with van der Waals surface area (Å²) in [5, 5.41) is 4.13. The molecular formula is C18H23N3O3S. The van der Waals surface area contributed by atoms with Crippen LogP contribution in [0.4, 0.5) is 0 Å². The molecular weight excluding hydrogens is 338 g/mol. The van der Waals surface area contributed by atoms with Crippen molar-refractivity contribution < 1.29 is 12.9 Å². The third-order valence-electron chi connectivity index (χ3n) is 5.37. The molecule has 1 aromatic heterocycles. The number of nitrogens with zero attached hydrogens (tertiary/aromatic N) is 2. The minimum atomic E-state index is -3.66. The second kappa shape index (κ2) is 5.92. The number of hydrogen-bond donors (Lipinski definition) is 1. The van der Waals surface area contributed by atoms with Gasteiger partial charge in [0, 0.05) is 5.92 Å². The van der Waals surface area contributed by atoms with Crippen LogP contribution in [0, 0.1) is 13.8 Å². The Kier molecular flexibility index (Phi) is 3.96. The average Bonchev–Trinajstić information content (AvgIpc) is 3.10. The van der Waals surface area contributed by atoms with Crippen molar-refractivity contribution in [2.24, 2.45) is 0 Å². The quantitative estimate of drug-likeness (QED) is 0.883. The van der Waals surface area contributed by atoms with E-state index < -0.39 is 15.6 Å². The molecule has 2 saturated carbocycles. The van der Waals surface area contributed by atoms with Gasteiger partial charge in [-0.1, -0.05) is 24.1 Å². The zero-order valence-corrected chi connectivity index (χ0v) is 15.4. The molecule has 134 valence electrons. The Morgan fingerprint density at radius 2 is 1.88 bits per heavy atom. The molecule has 2 fully saturated rings. The Balaban J connectivity index is 1.67. The molecule has 2 aliphatic carbocycles. The number of nitrogens with one attached hydrogen (secondary N) is 1. The van der Waals surface area contributed by atoms with Crippen molar-refractivity contribution in [3.05, 3.63) is 41.0 Å². The van der Waals surface area contributed by atoms with Gasteiger partial charge in [0.05, 0.1) is 10.4 Å². The maximum absolute atomic E-state index is 13.0. The molecule has 1 heterocycles. The first kappa shape index (κ1) is 16.7. The third-order valence-corrected chi connectivity index (χ3v) is 6.91. The number of hydrogen-bond acceptors (Lipinski definition) is 5. The largest absolute Gasteiger partial charge is 0.339 e. The first-order valence-electron chi connectivity index (χ1n) is 8.85. The van der Waals surface area contributed by atoms with E-state index in [9.17, 15) is 8.42 Å². The van der Waals surface area contributed by atoms with E-state index in [1.54, 1.807) is 12.1 Å². The highest BCUT2D eigenvalue weighted by Gasteiger charge is 2.44. The number of rotatable bonds is 5. The first-order chi connectivity index (χ1) is 11.9. The van der Waals surface area contributed by atoms with Crippen LogP contribution >= 0.6 is 0 Å². The van der Waals surface area contributed by atoms with Gasteiger partial charge in [0.25, 0.3) is 0 Å². The predicted octanol–water partition coefficient (Wildman–Crippen LogP) is 3.31. The Hall–Kier alpha value is -1.73. The molecule has 2 aromatic rings. The van der Waals surface area contributed by atoms with E-state index in [1.807, 2.05) is 19.9 Å². The summed E-state index contributed by atoms with van der Waals surface area (Å²) < 4.78 is 34.3. The maximum atomic E-state index is 13.0. The summed E-state index contributed by atoms with van der Waals surface area (Å²) in [7, 11) is -3.66. The van der Waals surface area contributed by atoms with Crippen molar-refractivity contribution in [1.29, 1.82) is 0 Å². The van der Waals surface area contributed by atoms with E-state index in [0.717, 1.165) is 36.8 Å². The minimum absolute atomic E-state index is 0.285. The van der Waals surface area contributed by atoms with Gasteiger partial charge in [0.15, 0.2) is 5.82 Å². The summed E-state index contributed by atoms with van der Waals surface area (Å²) in [6.45, 7) is 3.89. The van der Waals surface area contributed by atoms with E-state index >= 15 is 0 Å². The molecule has 0 radical (unpaired) electrons. The van der Waals surface area contributed by atoms with Crippen LogP contribution < -0.4 is 4.72 Å². The van der Waals surface area contributed by atoms with Crippen molar-refractivity contribution in [2.75, 3.05) is 0 Å². The van der Waals surface area contributed by atoms with E-state index in [0.29, 0.717) is 30.5 Å². The van der Waals surface area contributed by atoms with Crippen LogP contribution in [0.3, 0.4) is 0 Å². The lowest BCUT2D eigenvalue weighted by Gasteiger charge is -2.26. The van der Waals surface area contributed by atoms with Crippen LogP contribution in [0.25, 0.3) is 0 Å². The zero-order chi connectivity index (χ0) is 17.7. The van der Waals surface area contributed by atoms with Crippen molar-refractivity contribution in [1.82, 2.24) is 14.9 Å². The fourth-order valence-electron chi connectivity index (χ4n) is 3.47. The molecule has 0 atom stereocenters. The van der Waals surface area contributed by atoms with Crippen LogP contribution in [-0.2, 0) is 15.6 Å². The lowest BCUT2D eigenvalue weighted by molar-refractivity contribution is 0.333. The molecule has 7 heteroatoms. The summed E-state index contributed by atoms with van der Waals surface area (Å²) in [6.07, 6.45) is 5.43. The molecule has 0 amide bonds. The molecule has 1 N–H and O–H groups in total. The molecule has 25 heavy (non-hydrogen) atoms. The van der Waals surface area contributed by atoms with Crippen molar-refractivity contribution >= 4 is 10.0 Å². The van der Waals surface area contributed by atoms with Crippen LogP contribution in [0.5, 0.6) is 0 Å². The van der Waals surface area contributed by atoms with Crippen LogP contribution in [0.15, 0.2) is 27.6 Å². The van der Waals surface area contributed by atoms with Crippen molar-refractivity contribution in [3.8, 4) is 0 Å². The number of benzene rings is 1. The summed E-state index contributed by atoms with van der Waals surface area (Å²) in [5.74, 6) is 1.49. The Labute approximate surface area is 148 Å². The smallest absolute Gasteiger partial charge is 0.241 e. The van der Waals surface area contributed by atoms with Gasteiger partial charge in [0.2, 0.25) is 15.9 Å². The minimum Gasteiger partial charge on any atom is -0.339 e. The van der Waals surface area contributed by atoms with E-state index in [2.05, 4.69) is 14.9 Å². The lowest BCUT2D eigenvalue weighted by atomic mass is 9.98. The van der Waals surface area contributed by atoms with Gasteiger partial charge in [-0.2, -0.15) is 9.71 Å². The Bertz CT molecular complexity index is 894. The molecule has 0 bridgehead atoms. The Morgan fingerprint density at radius 3 is 2.52 bits per heavy atom. The van der Waals surface area contributed by atoms with Gasteiger partial charge in [0.1, 0.15) is 0 Å². The summed E-state index contributed by atoms with van der Waals surface area (Å²) >= 11 is 0. The Morgan fingerprint density at radius 1 is 1.16 bits per heavy atom. The van der Waals surface area contributed by atoms with Gasteiger partial charge in [-0.25, -0.2) is 8.42 Å². The van der Waals surface area contributed by atoms with Gasteiger partial charge < -0.3 is 4.52 Å². The standard InChI is InChI=1S/C18H23N3O3S/c1-12-5-8-15(11-13(12)2)25(22,23)21-18(9-3-4-10-18)17-19-16(24-20-17)14-6-7-14/h5,8,11,14,21H,3-4,6-7,9-10H2,1-2H3. The molecule has 1 aromatic carbocycles. The average molecular weight is 361 g/mol. The molecule has 2 aliphatic rings. The highest BCUT2D eigenvalue weighted by molar-refractivity contribution is 7.89. The molecule has 4 rings (SSSR count). The maximum Gasteiger partial charge on any atom is 0.241 e. The van der Waals surface area contributed by atoms with Crippen LogP contribution in [0.1, 0.15) is 67.3 Å². The summed E-state index contributed by atoms with van der Waals surface area (Å²) in [6, 6.07) is 5.20. The van der Waals surface area contributed by atoms with Crippen molar-refractivity contribution in [2.45, 2.75) is 68.7 Å². The molecule has 0 aliphatic heterocycles. The summed E-state index contributed by atoms with van der Waals surface area (Å²) in [5.41, 5.74) is 1.27. The number of aryl methyl sites for hydroxylation is 2. The van der Waals surface area contributed by atoms with Gasteiger partial charge >= 0.3 is 0 Å². The third kappa shape index (κ3) is 3.11. The van der Waals surface area contributed by atoms with E-state index in [-0.39, 0.29) is 4.90 Å².